The van der Waals surface area contributed by atoms with Crippen molar-refractivity contribution in [2.45, 2.75) is 11.4 Å². The average molecular weight is 431 g/mol. The third kappa shape index (κ3) is 2.65. The molecule has 0 aliphatic carbocycles. The van der Waals surface area contributed by atoms with Gasteiger partial charge in [-0.05, 0) is 24.4 Å². The number of carbonyl (C=O) groups excluding carboxylic acids is 1. The van der Waals surface area contributed by atoms with Crippen LogP contribution in [-0.2, 0) is 11.3 Å². The molecule has 1 aromatic heterocycles. The van der Waals surface area contributed by atoms with Crippen molar-refractivity contribution in [2.24, 2.45) is 0 Å². The molecule has 4 rings (SSSR count). The van der Waals surface area contributed by atoms with Crippen LogP contribution in [0.1, 0.15) is 0 Å². The maximum atomic E-state index is 13.3. The second-order valence-corrected chi connectivity index (χ2v) is 8.82. The number of hydrogen-bond donors (Lipinski definition) is 0. The molecule has 0 saturated carbocycles. The topological polar surface area (TPSA) is 48.8 Å². The summed E-state index contributed by atoms with van der Waals surface area (Å²) in [5.74, 6) is -0.209. The van der Waals surface area contributed by atoms with E-state index in [0.717, 1.165) is 15.6 Å². The van der Waals surface area contributed by atoms with Gasteiger partial charge < -0.3 is 9.80 Å². The first kappa shape index (κ1) is 19.0. The van der Waals surface area contributed by atoms with Crippen LogP contribution in [0.15, 0.2) is 46.6 Å². The molecule has 0 bridgehead atoms. The first-order valence-electron chi connectivity index (χ1n) is 8.52. The molecule has 0 spiro atoms. The fourth-order valence-electron chi connectivity index (χ4n) is 3.26. The number of hydrogen-bond acceptors (Lipinski definition) is 6. The zero-order chi connectivity index (χ0) is 20.2. The highest BCUT2D eigenvalue weighted by molar-refractivity contribution is 8.08. The number of allylic oxidation sites excluding steroid dienone is 1. The molecule has 1 aromatic carbocycles. The third-order valence-electron chi connectivity index (χ3n) is 4.75. The summed E-state index contributed by atoms with van der Waals surface area (Å²) in [6.07, 6.45) is 1.66. The average Bonchev–Trinajstić information content (AvgIpc) is 3.24. The zero-order valence-corrected chi connectivity index (χ0v) is 18.1. The predicted octanol–water partition coefficient (Wildman–Crippen LogP) is 1.20. The van der Waals surface area contributed by atoms with Gasteiger partial charge in [-0.2, -0.15) is 0 Å². The van der Waals surface area contributed by atoms with E-state index in [1.54, 1.807) is 41.4 Å². The first-order chi connectivity index (χ1) is 13.4. The number of benzene rings is 1. The molecule has 0 atom stereocenters. The largest absolute Gasteiger partial charge is 0.337 e. The van der Waals surface area contributed by atoms with E-state index in [1.807, 2.05) is 36.2 Å². The molecule has 0 radical (unpaired) electrons. The molecule has 1 fully saturated rings. The van der Waals surface area contributed by atoms with E-state index in [1.165, 1.54) is 16.2 Å². The van der Waals surface area contributed by atoms with Crippen molar-refractivity contribution in [3.8, 4) is 0 Å². The number of carbonyl (C=O) groups is 1. The van der Waals surface area contributed by atoms with E-state index in [2.05, 4.69) is 6.58 Å². The Morgan fingerprint density at radius 2 is 1.82 bits per heavy atom. The Hall–Kier alpha value is -2.36. The Kier molecular flexibility index (Phi) is 4.68. The number of amides is 1. The van der Waals surface area contributed by atoms with E-state index in [4.69, 9.17) is 12.2 Å². The molecule has 6 nitrogen and oxygen atoms in total. The highest BCUT2D eigenvalue weighted by atomic mass is 32.2. The van der Waals surface area contributed by atoms with E-state index in [-0.39, 0.29) is 11.5 Å². The molecule has 3 heterocycles. The smallest absolute Gasteiger partial charge is 0.279 e. The van der Waals surface area contributed by atoms with E-state index in [9.17, 15) is 9.59 Å². The number of thiazole rings is 1. The lowest BCUT2D eigenvalue weighted by atomic mass is 10.3. The number of rotatable bonds is 2. The van der Waals surface area contributed by atoms with Crippen LogP contribution in [0, 0.1) is 0 Å². The van der Waals surface area contributed by atoms with Gasteiger partial charge in [0.1, 0.15) is 19.9 Å². The lowest BCUT2D eigenvalue weighted by Crippen LogP contribution is -2.35. The van der Waals surface area contributed by atoms with E-state index < -0.39 is 0 Å². The highest BCUT2D eigenvalue weighted by Crippen LogP contribution is 2.44. The number of para-hydroxylation sites is 1. The standard InChI is InChI=1S/C19H18N4O2S3/c1-5-10-23-16(25)14(18-20(2)11-8-6-7-9-12(11)27-18)28-17(23)13-15(24)22(4)19(26)21(13)3/h5-9H,1,10H2,2-4H3/b17-13+,18-14-. The zero-order valence-electron chi connectivity index (χ0n) is 15.6. The maximum absolute atomic E-state index is 13.3. The fraction of sp³-hybridized carbons (Fsp3) is 0.211. The number of aromatic nitrogens is 1. The molecule has 2 aliphatic heterocycles. The second kappa shape index (κ2) is 6.91. The van der Waals surface area contributed by atoms with Crippen LogP contribution in [0.3, 0.4) is 0 Å². The van der Waals surface area contributed by atoms with Crippen molar-refractivity contribution in [1.29, 1.82) is 0 Å². The van der Waals surface area contributed by atoms with Crippen molar-refractivity contribution in [2.75, 3.05) is 26.0 Å². The Bertz CT molecular complexity index is 1210. The number of nitrogens with zero attached hydrogens (tertiary/aromatic N) is 4. The quantitative estimate of drug-likeness (QED) is 0.527. The highest BCUT2D eigenvalue weighted by Gasteiger charge is 2.35. The number of likely N-dealkylation sites (N-methyl/N-ethyl adjacent to an activating group) is 2. The van der Waals surface area contributed by atoms with Crippen molar-refractivity contribution < 1.29 is 4.79 Å². The van der Waals surface area contributed by atoms with Gasteiger partial charge in [-0.15, -0.1) is 17.9 Å². The van der Waals surface area contributed by atoms with Gasteiger partial charge in [-0.25, -0.2) is 0 Å². The molecular formula is C19H18N4O2S3. The van der Waals surface area contributed by atoms with Crippen molar-refractivity contribution >= 4 is 62.7 Å². The normalized spacial score (nSPS) is 20.3. The molecule has 9 heteroatoms. The molecule has 2 aliphatic rings. The molecule has 0 N–H and O–H groups in total. The summed E-state index contributed by atoms with van der Waals surface area (Å²) in [5, 5.41) is 1.28. The summed E-state index contributed by atoms with van der Waals surface area (Å²) < 4.78 is 2.80. The summed E-state index contributed by atoms with van der Waals surface area (Å²) in [7, 11) is 5.35. The van der Waals surface area contributed by atoms with Crippen LogP contribution in [0.5, 0.6) is 0 Å². The van der Waals surface area contributed by atoms with Crippen LogP contribution in [-0.4, -0.2) is 46.5 Å². The molecule has 2 aromatic rings. The van der Waals surface area contributed by atoms with Gasteiger partial charge in [0.15, 0.2) is 5.11 Å². The molecule has 0 unspecified atom stereocenters. The molecule has 28 heavy (non-hydrogen) atoms. The lowest BCUT2D eigenvalue weighted by molar-refractivity contribution is -0.120. The summed E-state index contributed by atoms with van der Waals surface area (Å²) >= 11 is 8.22. The lowest BCUT2D eigenvalue weighted by Gasteiger charge is -2.11. The molecule has 144 valence electrons. The van der Waals surface area contributed by atoms with Gasteiger partial charge in [0.25, 0.3) is 11.5 Å². The first-order valence-corrected chi connectivity index (χ1v) is 10.6. The maximum Gasteiger partial charge on any atom is 0.279 e. The number of thioether (sulfide) groups is 1. The Labute approximate surface area is 175 Å². The Morgan fingerprint density at radius 1 is 1.11 bits per heavy atom. The van der Waals surface area contributed by atoms with Crippen molar-refractivity contribution in [1.82, 2.24) is 14.4 Å². The van der Waals surface area contributed by atoms with Crippen LogP contribution >= 0.6 is 35.3 Å². The van der Waals surface area contributed by atoms with Gasteiger partial charge in [0, 0.05) is 32.6 Å². The minimum atomic E-state index is -0.209. The van der Waals surface area contributed by atoms with Gasteiger partial charge in [0.2, 0.25) is 0 Å². The fourth-order valence-corrected chi connectivity index (χ4v) is 5.97. The summed E-state index contributed by atoms with van der Waals surface area (Å²) in [6, 6.07) is 8.03. The van der Waals surface area contributed by atoms with E-state index >= 15 is 0 Å². The SMILES string of the molecule is C=CCn1c(=O)/c(=C2/Sc3ccccc3N2C)s/c1=C1\C(=O)N(C)C(=S)N1C. The van der Waals surface area contributed by atoms with Crippen LogP contribution in [0.4, 0.5) is 5.69 Å². The van der Waals surface area contributed by atoms with Crippen molar-refractivity contribution in [3.05, 3.63) is 56.5 Å². The van der Waals surface area contributed by atoms with Gasteiger partial charge >= 0.3 is 0 Å². The minimum Gasteiger partial charge on any atom is -0.337 e. The van der Waals surface area contributed by atoms with E-state index in [0.29, 0.717) is 26.5 Å². The van der Waals surface area contributed by atoms with Crippen LogP contribution in [0.25, 0.3) is 10.7 Å². The van der Waals surface area contributed by atoms with Crippen LogP contribution < -0.4 is 19.7 Å². The minimum absolute atomic E-state index is 0.128. The number of anilines is 1. The number of thiocarbonyl (C=S) groups is 1. The van der Waals surface area contributed by atoms with Gasteiger partial charge in [-0.3, -0.25) is 19.1 Å². The monoisotopic (exact) mass is 430 g/mol. The Balaban J connectivity index is 2.05. The van der Waals surface area contributed by atoms with Gasteiger partial charge in [0.05, 0.1) is 5.69 Å². The number of fused-ring (bicyclic) bond motifs is 1. The summed E-state index contributed by atoms with van der Waals surface area (Å²) in [5.41, 5.74) is 1.36. The predicted molar refractivity (Wildman–Crippen MR) is 119 cm³/mol. The van der Waals surface area contributed by atoms with Gasteiger partial charge in [-0.1, -0.05) is 30.0 Å². The van der Waals surface area contributed by atoms with Crippen molar-refractivity contribution in [3.63, 3.8) is 0 Å². The third-order valence-corrected chi connectivity index (χ3v) is 7.84. The summed E-state index contributed by atoms with van der Waals surface area (Å²) in [6.45, 7) is 4.09. The second-order valence-electron chi connectivity index (χ2n) is 6.43. The molecular weight excluding hydrogens is 412 g/mol. The Morgan fingerprint density at radius 3 is 2.43 bits per heavy atom. The summed E-state index contributed by atoms with van der Waals surface area (Å²) in [4.78, 5) is 32.3. The van der Waals surface area contributed by atoms with Crippen LogP contribution in [0.2, 0.25) is 0 Å². The molecule has 1 saturated heterocycles. The molecule has 1 amide bonds.